The maximum atomic E-state index is 9.85. The van der Waals surface area contributed by atoms with Crippen molar-refractivity contribution in [2.24, 2.45) is 0 Å². The molecule has 0 amide bonds. The van der Waals surface area contributed by atoms with Crippen molar-refractivity contribution in [3.8, 4) is 0 Å². The van der Waals surface area contributed by atoms with Gasteiger partial charge in [-0.3, -0.25) is 0 Å². The third-order valence-electron chi connectivity index (χ3n) is 4.53. The molecule has 0 spiro atoms. The first-order valence-corrected chi connectivity index (χ1v) is 9.46. The van der Waals surface area contributed by atoms with E-state index in [1.807, 2.05) is 0 Å². The van der Waals surface area contributed by atoms with Crippen molar-refractivity contribution in [2.45, 2.75) is 108 Å². The Kier molecular flexibility index (Phi) is 14.9. The lowest BCUT2D eigenvalue weighted by Gasteiger charge is -2.28. The van der Waals surface area contributed by atoms with Gasteiger partial charge < -0.3 is 30.6 Å². The largest absolute Gasteiger partial charge is 0.394 e. The van der Waals surface area contributed by atoms with Gasteiger partial charge in [-0.1, -0.05) is 71.1 Å². The summed E-state index contributed by atoms with van der Waals surface area (Å²) in [5, 5.41) is 56.8. The Balaban J connectivity index is 3.68. The van der Waals surface area contributed by atoms with Gasteiger partial charge in [-0.05, 0) is 6.42 Å². The van der Waals surface area contributed by atoms with Crippen molar-refractivity contribution in [3.05, 3.63) is 0 Å². The zero-order chi connectivity index (χ0) is 18.4. The second-order valence-corrected chi connectivity index (χ2v) is 6.76. The van der Waals surface area contributed by atoms with Gasteiger partial charge in [0.15, 0.2) is 0 Å². The van der Waals surface area contributed by atoms with Crippen LogP contribution in [0.1, 0.15) is 77.6 Å². The number of aliphatic hydroxyl groups excluding tert-OH is 6. The summed E-state index contributed by atoms with van der Waals surface area (Å²) in [5.41, 5.74) is 0. The molecule has 0 saturated heterocycles. The van der Waals surface area contributed by atoms with Crippen LogP contribution in [-0.4, -0.2) is 67.8 Å². The van der Waals surface area contributed by atoms with Crippen LogP contribution in [0.15, 0.2) is 0 Å². The third-order valence-corrected chi connectivity index (χ3v) is 4.53. The van der Waals surface area contributed by atoms with Gasteiger partial charge in [0.1, 0.15) is 24.4 Å². The maximum absolute atomic E-state index is 9.85. The molecule has 146 valence electrons. The molecule has 0 aliphatic heterocycles. The summed E-state index contributed by atoms with van der Waals surface area (Å²) in [7, 11) is 0. The molecule has 0 saturated carbocycles. The standard InChI is InChI=1S/C18H38O6/c1-2-3-4-5-6-7-8-9-10-11-12-14(20)16(22)18(24)17(23)15(21)13-19/h14-24H,2-13H2,1H3/t14?,15-,16+,17+,18+/m0/s1. The molecule has 0 radical (unpaired) electrons. The molecule has 24 heavy (non-hydrogen) atoms. The van der Waals surface area contributed by atoms with E-state index < -0.39 is 37.1 Å². The predicted molar refractivity (Wildman–Crippen MR) is 93.6 cm³/mol. The smallest absolute Gasteiger partial charge is 0.111 e. The van der Waals surface area contributed by atoms with Crippen molar-refractivity contribution in [1.29, 1.82) is 0 Å². The maximum Gasteiger partial charge on any atom is 0.111 e. The summed E-state index contributed by atoms with van der Waals surface area (Å²) >= 11 is 0. The Morgan fingerprint density at radius 1 is 0.542 bits per heavy atom. The van der Waals surface area contributed by atoms with Gasteiger partial charge in [-0.25, -0.2) is 0 Å². The summed E-state index contributed by atoms with van der Waals surface area (Å²) in [5.74, 6) is 0. The minimum Gasteiger partial charge on any atom is -0.394 e. The van der Waals surface area contributed by atoms with E-state index in [1.54, 1.807) is 0 Å². The van der Waals surface area contributed by atoms with Gasteiger partial charge >= 0.3 is 0 Å². The number of unbranched alkanes of at least 4 members (excludes halogenated alkanes) is 9. The molecular formula is C18H38O6. The number of aliphatic hydroxyl groups is 6. The van der Waals surface area contributed by atoms with E-state index in [9.17, 15) is 25.5 Å². The monoisotopic (exact) mass is 350 g/mol. The normalized spacial score (nSPS) is 18.1. The minimum absolute atomic E-state index is 0.330. The highest BCUT2D eigenvalue weighted by Crippen LogP contribution is 2.15. The Labute approximate surface area is 146 Å². The van der Waals surface area contributed by atoms with E-state index in [0.717, 1.165) is 19.3 Å². The highest BCUT2D eigenvalue weighted by atomic mass is 16.4. The molecule has 0 heterocycles. The fourth-order valence-corrected chi connectivity index (χ4v) is 2.78. The molecule has 6 N–H and O–H groups in total. The second-order valence-electron chi connectivity index (χ2n) is 6.76. The fourth-order valence-electron chi connectivity index (χ4n) is 2.78. The van der Waals surface area contributed by atoms with Crippen LogP contribution in [-0.2, 0) is 0 Å². The average Bonchev–Trinajstić information content (AvgIpc) is 2.60. The van der Waals surface area contributed by atoms with Crippen LogP contribution < -0.4 is 0 Å². The second kappa shape index (κ2) is 15.0. The molecule has 0 aliphatic rings. The fraction of sp³-hybridized carbons (Fsp3) is 1.00. The molecular weight excluding hydrogens is 312 g/mol. The zero-order valence-electron chi connectivity index (χ0n) is 15.1. The SMILES string of the molecule is CCCCCCCCCCCCC(O)[C@@H](O)[C@@H](O)[C@H](O)[C@@H](O)CO. The molecule has 0 aromatic rings. The Hall–Kier alpha value is -0.240. The molecule has 0 aromatic heterocycles. The van der Waals surface area contributed by atoms with Crippen LogP contribution in [0.3, 0.4) is 0 Å². The lowest BCUT2D eigenvalue weighted by Crippen LogP contribution is -2.49. The Bertz CT molecular complexity index is 276. The van der Waals surface area contributed by atoms with Crippen molar-refractivity contribution in [2.75, 3.05) is 6.61 Å². The highest BCUT2D eigenvalue weighted by Gasteiger charge is 2.33. The van der Waals surface area contributed by atoms with E-state index >= 15 is 0 Å². The first-order chi connectivity index (χ1) is 11.5. The quantitative estimate of drug-likeness (QED) is 0.232. The molecule has 1 unspecified atom stereocenters. The number of hydrogen-bond donors (Lipinski definition) is 6. The molecule has 0 rings (SSSR count). The van der Waals surface area contributed by atoms with E-state index in [-0.39, 0.29) is 0 Å². The molecule has 6 nitrogen and oxygen atoms in total. The van der Waals surface area contributed by atoms with E-state index in [0.29, 0.717) is 6.42 Å². The van der Waals surface area contributed by atoms with Crippen molar-refractivity contribution >= 4 is 0 Å². The lowest BCUT2D eigenvalue weighted by molar-refractivity contribution is -0.141. The van der Waals surface area contributed by atoms with E-state index in [1.165, 1.54) is 44.9 Å². The van der Waals surface area contributed by atoms with Crippen molar-refractivity contribution in [1.82, 2.24) is 0 Å². The van der Waals surface area contributed by atoms with Crippen LogP contribution in [0, 0.1) is 0 Å². The van der Waals surface area contributed by atoms with Crippen LogP contribution in [0.4, 0.5) is 0 Å². The molecule has 0 aromatic carbocycles. The minimum atomic E-state index is -1.69. The van der Waals surface area contributed by atoms with Crippen LogP contribution >= 0.6 is 0 Å². The summed E-state index contributed by atoms with van der Waals surface area (Å²) < 4.78 is 0. The van der Waals surface area contributed by atoms with Gasteiger partial charge in [0.05, 0.1) is 12.7 Å². The molecule has 0 bridgehead atoms. The summed E-state index contributed by atoms with van der Waals surface area (Å²) in [6, 6.07) is 0. The summed E-state index contributed by atoms with van der Waals surface area (Å²) in [6.45, 7) is 1.49. The van der Waals surface area contributed by atoms with Gasteiger partial charge in [0.2, 0.25) is 0 Å². The molecule has 5 atom stereocenters. The van der Waals surface area contributed by atoms with Gasteiger partial charge in [-0.2, -0.15) is 0 Å². The lowest BCUT2D eigenvalue weighted by atomic mass is 9.96. The number of hydrogen-bond acceptors (Lipinski definition) is 6. The summed E-state index contributed by atoms with van der Waals surface area (Å²) in [4.78, 5) is 0. The third kappa shape index (κ3) is 10.6. The van der Waals surface area contributed by atoms with E-state index in [4.69, 9.17) is 5.11 Å². The Morgan fingerprint density at radius 2 is 0.958 bits per heavy atom. The first kappa shape index (κ1) is 23.8. The Morgan fingerprint density at radius 3 is 1.42 bits per heavy atom. The number of rotatable bonds is 16. The van der Waals surface area contributed by atoms with Crippen molar-refractivity contribution in [3.63, 3.8) is 0 Å². The van der Waals surface area contributed by atoms with Crippen LogP contribution in [0.5, 0.6) is 0 Å². The predicted octanol–water partition coefficient (Wildman–Crippen LogP) is 1.09. The molecule has 0 fully saturated rings. The molecule has 0 aliphatic carbocycles. The van der Waals surface area contributed by atoms with Crippen LogP contribution in [0.25, 0.3) is 0 Å². The average molecular weight is 350 g/mol. The summed E-state index contributed by atoms with van der Waals surface area (Å²) in [6.07, 6.45) is 4.38. The van der Waals surface area contributed by atoms with E-state index in [2.05, 4.69) is 6.92 Å². The van der Waals surface area contributed by atoms with Gasteiger partial charge in [-0.15, -0.1) is 0 Å². The zero-order valence-corrected chi connectivity index (χ0v) is 15.1. The van der Waals surface area contributed by atoms with Gasteiger partial charge in [0.25, 0.3) is 0 Å². The van der Waals surface area contributed by atoms with Gasteiger partial charge in [0, 0.05) is 0 Å². The highest BCUT2D eigenvalue weighted by molar-refractivity contribution is 4.84. The first-order valence-electron chi connectivity index (χ1n) is 9.46. The van der Waals surface area contributed by atoms with Crippen molar-refractivity contribution < 1.29 is 30.6 Å². The molecule has 6 heteroatoms. The topological polar surface area (TPSA) is 121 Å². The van der Waals surface area contributed by atoms with Crippen LogP contribution in [0.2, 0.25) is 0 Å².